The van der Waals surface area contributed by atoms with Crippen molar-refractivity contribution in [1.29, 1.82) is 0 Å². The van der Waals surface area contributed by atoms with E-state index in [-0.39, 0.29) is 11.3 Å². The molecule has 29 heavy (non-hydrogen) atoms. The Balaban J connectivity index is 1.42. The molecular weight excluding hydrogens is 368 g/mol. The molecule has 0 spiro atoms. The van der Waals surface area contributed by atoms with Gasteiger partial charge in [-0.05, 0) is 42.9 Å². The summed E-state index contributed by atoms with van der Waals surface area (Å²) in [7, 11) is 0. The van der Waals surface area contributed by atoms with E-state index in [0.29, 0.717) is 24.5 Å². The van der Waals surface area contributed by atoms with Gasteiger partial charge in [0.15, 0.2) is 5.69 Å². The molecule has 0 aliphatic heterocycles. The highest BCUT2D eigenvalue weighted by molar-refractivity contribution is 6.03. The van der Waals surface area contributed by atoms with Crippen LogP contribution in [-0.4, -0.2) is 27.5 Å². The second kappa shape index (κ2) is 7.73. The molecule has 1 aliphatic rings. The van der Waals surface area contributed by atoms with Crippen LogP contribution in [0.2, 0.25) is 0 Å². The number of fused-ring (bicyclic) bond motifs is 1. The van der Waals surface area contributed by atoms with Crippen LogP contribution in [0.1, 0.15) is 54.6 Å². The fourth-order valence-electron chi connectivity index (χ4n) is 3.67. The lowest BCUT2D eigenvalue weighted by Gasteiger charge is -2.28. The molecule has 2 heterocycles. The van der Waals surface area contributed by atoms with Crippen molar-refractivity contribution in [3.63, 3.8) is 0 Å². The predicted octanol–water partition coefficient (Wildman–Crippen LogP) is 4.09. The quantitative estimate of drug-likeness (QED) is 0.681. The number of carbonyl (C=O) groups is 1. The van der Waals surface area contributed by atoms with Crippen molar-refractivity contribution in [3.8, 4) is 5.75 Å². The first-order valence-corrected chi connectivity index (χ1v) is 9.96. The van der Waals surface area contributed by atoms with Crippen molar-refractivity contribution in [2.75, 3.05) is 11.9 Å². The highest BCUT2D eigenvalue weighted by Gasteiger charge is 2.32. The Morgan fingerprint density at radius 2 is 2.10 bits per heavy atom. The average Bonchev–Trinajstić information content (AvgIpc) is 3.29. The zero-order chi connectivity index (χ0) is 20.4. The van der Waals surface area contributed by atoms with Gasteiger partial charge in [-0.2, -0.15) is 5.10 Å². The number of rotatable bonds is 6. The second-order valence-electron chi connectivity index (χ2n) is 8.23. The number of nitrogens with zero attached hydrogens (tertiary/aromatic N) is 3. The van der Waals surface area contributed by atoms with E-state index in [2.05, 4.69) is 29.4 Å². The normalized spacial score (nSPS) is 15.0. The third-order valence-electron chi connectivity index (χ3n) is 5.24. The molecule has 0 atom stereocenters. The first-order valence-electron chi connectivity index (χ1n) is 9.96. The van der Waals surface area contributed by atoms with Crippen molar-refractivity contribution in [2.45, 2.75) is 46.6 Å². The molecule has 1 N–H and O–H groups in total. The highest BCUT2D eigenvalue weighted by Crippen LogP contribution is 2.36. The van der Waals surface area contributed by atoms with E-state index in [0.717, 1.165) is 41.9 Å². The van der Waals surface area contributed by atoms with Gasteiger partial charge in [0, 0.05) is 18.2 Å². The summed E-state index contributed by atoms with van der Waals surface area (Å²) in [5.74, 6) is 1.43. The molecule has 3 aromatic rings. The Morgan fingerprint density at radius 3 is 2.86 bits per heavy atom. The molecule has 1 amide bonds. The van der Waals surface area contributed by atoms with E-state index in [1.807, 2.05) is 37.4 Å². The van der Waals surface area contributed by atoms with Gasteiger partial charge in [0.2, 0.25) is 0 Å². The summed E-state index contributed by atoms with van der Waals surface area (Å²) in [5, 5.41) is 11.3. The van der Waals surface area contributed by atoms with E-state index >= 15 is 0 Å². The lowest BCUT2D eigenvalue weighted by atomic mass is 9.76. The number of hydrogen-bond acceptors (Lipinski definition) is 5. The number of hydrogen-bond donors (Lipinski definition) is 1. The van der Waals surface area contributed by atoms with Crippen LogP contribution in [0.25, 0.3) is 0 Å². The fourth-order valence-corrected chi connectivity index (χ4v) is 3.67. The van der Waals surface area contributed by atoms with Crippen LogP contribution in [0.5, 0.6) is 5.75 Å². The van der Waals surface area contributed by atoms with E-state index < -0.39 is 0 Å². The number of aromatic nitrogens is 3. The maximum atomic E-state index is 12.7. The smallest absolute Gasteiger partial charge is 0.278 e. The van der Waals surface area contributed by atoms with Crippen LogP contribution in [0.3, 0.4) is 0 Å². The molecule has 4 rings (SSSR count). The minimum atomic E-state index is -0.256. The Labute approximate surface area is 170 Å². The zero-order valence-corrected chi connectivity index (χ0v) is 17.1. The third-order valence-corrected chi connectivity index (χ3v) is 5.24. The van der Waals surface area contributed by atoms with E-state index in [9.17, 15) is 4.79 Å². The highest BCUT2D eigenvalue weighted by atomic mass is 16.5. The van der Waals surface area contributed by atoms with Crippen molar-refractivity contribution in [2.24, 2.45) is 5.41 Å². The number of amides is 1. The summed E-state index contributed by atoms with van der Waals surface area (Å²) in [6, 6.07) is 7.91. The number of ether oxygens (including phenoxy) is 1. The zero-order valence-electron chi connectivity index (χ0n) is 17.1. The number of aryl methyl sites for hydroxylation is 1. The lowest BCUT2D eigenvalue weighted by molar-refractivity contribution is 0.101. The Bertz CT molecular complexity index is 1000. The minimum absolute atomic E-state index is 0.149. The maximum Gasteiger partial charge on any atom is 0.278 e. The van der Waals surface area contributed by atoms with Gasteiger partial charge in [0.25, 0.3) is 5.91 Å². The summed E-state index contributed by atoms with van der Waals surface area (Å²) >= 11 is 0. The van der Waals surface area contributed by atoms with Crippen molar-refractivity contribution in [1.82, 2.24) is 14.9 Å². The molecule has 0 saturated heterocycles. The van der Waals surface area contributed by atoms with Gasteiger partial charge in [-0.15, -0.1) is 0 Å². The molecule has 0 fully saturated rings. The molecule has 7 heteroatoms. The summed E-state index contributed by atoms with van der Waals surface area (Å²) in [6.07, 6.45) is 6.11. The minimum Gasteiger partial charge on any atom is -0.494 e. The van der Waals surface area contributed by atoms with Crippen molar-refractivity contribution < 1.29 is 14.1 Å². The molecule has 0 radical (unpaired) electrons. The average molecular weight is 394 g/mol. The van der Waals surface area contributed by atoms with E-state index in [4.69, 9.17) is 9.26 Å². The van der Waals surface area contributed by atoms with Crippen LogP contribution < -0.4 is 10.1 Å². The van der Waals surface area contributed by atoms with Gasteiger partial charge in [-0.25, -0.2) is 0 Å². The number of carbonyl (C=O) groups excluding carboxylic acids is 1. The first-order chi connectivity index (χ1) is 13.9. The largest absolute Gasteiger partial charge is 0.494 e. The topological polar surface area (TPSA) is 82.2 Å². The summed E-state index contributed by atoms with van der Waals surface area (Å²) in [4.78, 5) is 12.7. The number of nitrogens with one attached hydrogen (secondary N) is 1. The molecule has 7 nitrogen and oxygen atoms in total. The molecule has 1 aliphatic carbocycles. The molecule has 152 valence electrons. The summed E-state index contributed by atoms with van der Waals surface area (Å²) < 4.78 is 12.7. The fraction of sp³-hybridized carbons (Fsp3) is 0.409. The van der Waals surface area contributed by atoms with Crippen LogP contribution in [0.4, 0.5) is 5.69 Å². The van der Waals surface area contributed by atoms with E-state index in [1.165, 1.54) is 0 Å². The van der Waals surface area contributed by atoms with Gasteiger partial charge in [0.1, 0.15) is 11.5 Å². The van der Waals surface area contributed by atoms with Gasteiger partial charge >= 0.3 is 0 Å². The lowest BCUT2D eigenvalue weighted by Crippen LogP contribution is -2.24. The SMILES string of the molecule is CCOc1ccc(Cn2cc(NC(=O)c3noc4c3CC(C)(C)CC4)cn2)cc1. The number of benzene rings is 1. The molecular formula is C22H26N4O3. The standard InChI is InChI=1S/C22H26N4O3/c1-4-28-17-7-5-15(6-8-17)13-26-14-16(12-23-26)24-21(27)20-18-11-22(2,3)10-9-19(18)29-25-20/h5-8,12,14H,4,9-11,13H2,1-3H3,(H,24,27). The second-order valence-corrected chi connectivity index (χ2v) is 8.23. The van der Waals surface area contributed by atoms with Gasteiger partial charge in [-0.1, -0.05) is 31.1 Å². The molecule has 0 bridgehead atoms. The third kappa shape index (κ3) is 4.34. The molecule has 0 unspecified atom stereocenters. The van der Waals surface area contributed by atoms with Crippen molar-refractivity contribution >= 4 is 11.6 Å². The van der Waals surface area contributed by atoms with Crippen molar-refractivity contribution in [3.05, 3.63) is 59.2 Å². The van der Waals surface area contributed by atoms with Gasteiger partial charge < -0.3 is 14.6 Å². The Morgan fingerprint density at radius 1 is 1.31 bits per heavy atom. The van der Waals surface area contributed by atoms with Crippen LogP contribution in [-0.2, 0) is 19.4 Å². The van der Waals surface area contributed by atoms with Crippen LogP contribution in [0.15, 0.2) is 41.2 Å². The summed E-state index contributed by atoms with van der Waals surface area (Å²) in [5.41, 5.74) is 3.19. The monoisotopic (exact) mass is 394 g/mol. The van der Waals surface area contributed by atoms with Crippen LogP contribution >= 0.6 is 0 Å². The number of anilines is 1. The van der Waals surface area contributed by atoms with Gasteiger partial charge in [-0.3, -0.25) is 9.48 Å². The molecule has 1 aromatic carbocycles. The predicted molar refractivity (Wildman–Crippen MR) is 109 cm³/mol. The Hall–Kier alpha value is -3.09. The molecule has 2 aromatic heterocycles. The Kier molecular flexibility index (Phi) is 5.13. The summed E-state index contributed by atoms with van der Waals surface area (Å²) in [6.45, 7) is 7.62. The first kappa shape index (κ1) is 19.2. The van der Waals surface area contributed by atoms with Crippen LogP contribution in [0, 0.1) is 5.41 Å². The maximum absolute atomic E-state index is 12.7. The van der Waals surface area contributed by atoms with E-state index in [1.54, 1.807) is 10.9 Å². The van der Waals surface area contributed by atoms with Gasteiger partial charge in [0.05, 0.1) is 25.0 Å². The molecule has 0 saturated carbocycles.